The third-order valence-electron chi connectivity index (χ3n) is 3.60. The topological polar surface area (TPSA) is 29.3 Å². The van der Waals surface area contributed by atoms with Crippen molar-refractivity contribution in [2.24, 2.45) is 5.73 Å². The van der Waals surface area contributed by atoms with Crippen molar-refractivity contribution in [3.05, 3.63) is 29.8 Å². The van der Waals surface area contributed by atoms with Gasteiger partial charge in [-0.2, -0.15) is 0 Å². The molecule has 2 N–H and O–H groups in total. The van der Waals surface area contributed by atoms with E-state index in [4.69, 9.17) is 5.73 Å². The molecule has 0 aromatic heterocycles. The molecule has 1 aromatic carbocycles. The van der Waals surface area contributed by atoms with E-state index >= 15 is 0 Å². The van der Waals surface area contributed by atoms with Gasteiger partial charge in [-0.1, -0.05) is 19.1 Å². The molecule has 1 fully saturated rings. The molecule has 0 amide bonds. The van der Waals surface area contributed by atoms with Crippen molar-refractivity contribution in [2.75, 3.05) is 11.4 Å². The van der Waals surface area contributed by atoms with Gasteiger partial charge in [0.05, 0.1) is 0 Å². The molecule has 1 saturated heterocycles. The third-order valence-corrected chi connectivity index (χ3v) is 3.60. The van der Waals surface area contributed by atoms with E-state index in [2.05, 4.69) is 36.1 Å². The zero-order chi connectivity index (χ0) is 11.5. The number of hydrogen-bond donors (Lipinski definition) is 1. The molecule has 2 atom stereocenters. The number of benzene rings is 1. The normalized spacial score (nSPS) is 22.4. The first kappa shape index (κ1) is 11.5. The Hall–Kier alpha value is -1.02. The lowest BCUT2D eigenvalue weighted by atomic mass is 10.1. The molecule has 2 heteroatoms. The Morgan fingerprint density at radius 1 is 1.38 bits per heavy atom. The van der Waals surface area contributed by atoms with Crippen molar-refractivity contribution in [1.29, 1.82) is 0 Å². The first-order valence-corrected chi connectivity index (χ1v) is 6.34. The van der Waals surface area contributed by atoms with Crippen LogP contribution in [0.4, 0.5) is 5.69 Å². The van der Waals surface area contributed by atoms with Crippen LogP contribution in [0.3, 0.4) is 0 Å². The molecule has 0 aliphatic carbocycles. The van der Waals surface area contributed by atoms with E-state index in [1.165, 1.54) is 37.1 Å². The van der Waals surface area contributed by atoms with Gasteiger partial charge in [0, 0.05) is 24.3 Å². The summed E-state index contributed by atoms with van der Waals surface area (Å²) in [6.07, 6.45) is 3.91. The van der Waals surface area contributed by atoms with E-state index in [0.717, 1.165) is 6.04 Å². The lowest BCUT2D eigenvalue weighted by molar-refractivity contribution is 0.645. The molecule has 88 valence electrons. The summed E-state index contributed by atoms with van der Waals surface area (Å²) in [4.78, 5) is 2.53. The van der Waals surface area contributed by atoms with Gasteiger partial charge < -0.3 is 10.6 Å². The Morgan fingerprint density at radius 3 is 2.62 bits per heavy atom. The van der Waals surface area contributed by atoms with Gasteiger partial charge in [-0.15, -0.1) is 0 Å². The first-order chi connectivity index (χ1) is 7.72. The van der Waals surface area contributed by atoms with E-state index in [1.807, 2.05) is 6.92 Å². The summed E-state index contributed by atoms with van der Waals surface area (Å²) < 4.78 is 0. The van der Waals surface area contributed by atoms with Gasteiger partial charge in [0.15, 0.2) is 0 Å². The monoisotopic (exact) mass is 218 g/mol. The maximum absolute atomic E-state index is 5.86. The van der Waals surface area contributed by atoms with Gasteiger partial charge in [-0.3, -0.25) is 0 Å². The van der Waals surface area contributed by atoms with Crippen LogP contribution < -0.4 is 10.6 Å². The molecule has 0 bridgehead atoms. The van der Waals surface area contributed by atoms with Gasteiger partial charge in [-0.25, -0.2) is 0 Å². The van der Waals surface area contributed by atoms with Crippen LogP contribution in [0.1, 0.15) is 44.7 Å². The molecular weight excluding hydrogens is 196 g/mol. The van der Waals surface area contributed by atoms with Crippen LogP contribution in [0.2, 0.25) is 0 Å². The van der Waals surface area contributed by atoms with E-state index in [9.17, 15) is 0 Å². The summed E-state index contributed by atoms with van der Waals surface area (Å²) in [5.41, 5.74) is 8.43. The Balaban J connectivity index is 2.15. The van der Waals surface area contributed by atoms with Crippen molar-refractivity contribution >= 4 is 5.69 Å². The van der Waals surface area contributed by atoms with E-state index < -0.39 is 0 Å². The predicted octanol–water partition coefficient (Wildman–Crippen LogP) is 3.09. The lowest BCUT2D eigenvalue weighted by Crippen LogP contribution is -2.28. The molecule has 2 rings (SSSR count). The van der Waals surface area contributed by atoms with E-state index in [0.29, 0.717) is 0 Å². The van der Waals surface area contributed by atoms with Crippen LogP contribution in [0.25, 0.3) is 0 Å². The van der Waals surface area contributed by atoms with Crippen LogP contribution in [0.5, 0.6) is 0 Å². The van der Waals surface area contributed by atoms with Gasteiger partial charge in [0.2, 0.25) is 0 Å². The van der Waals surface area contributed by atoms with Gasteiger partial charge >= 0.3 is 0 Å². The van der Waals surface area contributed by atoms with Crippen molar-refractivity contribution in [2.45, 2.75) is 45.2 Å². The molecule has 1 heterocycles. The lowest BCUT2D eigenvalue weighted by Gasteiger charge is -2.26. The Morgan fingerprint density at radius 2 is 2.06 bits per heavy atom. The molecule has 0 saturated carbocycles. The minimum Gasteiger partial charge on any atom is -0.369 e. The predicted molar refractivity (Wildman–Crippen MR) is 69.7 cm³/mol. The summed E-state index contributed by atoms with van der Waals surface area (Å²) in [7, 11) is 0. The molecular formula is C14H22N2. The zero-order valence-electron chi connectivity index (χ0n) is 10.3. The van der Waals surface area contributed by atoms with Crippen LogP contribution in [0.15, 0.2) is 24.3 Å². The highest BCUT2D eigenvalue weighted by atomic mass is 15.2. The highest BCUT2D eigenvalue weighted by Gasteiger charge is 2.22. The molecule has 0 radical (unpaired) electrons. The average Bonchev–Trinajstić information content (AvgIpc) is 2.77. The SMILES string of the molecule is CCC1CCCN1c1ccc(C(C)N)cc1. The highest BCUT2D eigenvalue weighted by Crippen LogP contribution is 2.27. The third kappa shape index (κ3) is 2.22. The van der Waals surface area contributed by atoms with E-state index in [1.54, 1.807) is 0 Å². The van der Waals surface area contributed by atoms with Gasteiger partial charge in [-0.05, 0) is 43.9 Å². The fourth-order valence-electron chi connectivity index (χ4n) is 2.57. The maximum Gasteiger partial charge on any atom is 0.0368 e. The molecule has 2 unspecified atom stereocenters. The number of anilines is 1. The summed E-state index contributed by atoms with van der Waals surface area (Å²) >= 11 is 0. The molecule has 0 spiro atoms. The average molecular weight is 218 g/mol. The van der Waals surface area contributed by atoms with E-state index in [-0.39, 0.29) is 6.04 Å². The summed E-state index contributed by atoms with van der Waals surface area (Å²) in [5.74, 6) is 0. The van der Waals surface area contributed by atoms with Crippen molar-refractivity contribution < 1.29 is 0 Å². The van der Waals surface area contributed by atoms with Crippen LogP contribution >= 0.6 is 0 Å². The van der Waals surface area contributed by atoms with Crippen molar-refractivity contribution in [3.8, 4) is 0 Å². The minimum atomic E-state index is 0.134. The van der Waals surface area contributed by atoms with Gasteiger partial charge in [0.1, 0.15) is 0 Å². The van der Waals surface area contributed by atoms with Crippen molar-refractivity contribution in [3.63, 3.8) is 0 Å². The largest absolute Gasteiger partial charge is 0.369 e. The summed E-state index contributed by atoms with van der Waals surface area (Å²) in [5, 5.41) is 0. The second kappa shape index (κ2) is 4.88. The Labute approximate surface area is 98.4 Å². The molecule has 2 nitrogen and oxygen atoms in total. The number of hydrogen-bond acceptors (Lipinski definition) is 2. The Kier molecular flexibility index (Phi) is 3.49. The molecule has 16 heavy (non-hydrogen) atoms. The summed E-state index contributed by atoms with van der Waals surface area (Å²) in [6.45, 7) is 5.51. The van der Waals surface area contributed by atoms with Crippen LogP contribution in [-0.4, -0.2) is 12.6 Å². The zero-order valence-corrected chi connectivity index (χ0v) is 10.3. The maximum atomic E-state index is 5.86. The number of nitrogens with two attached hydrogens (primary N) is 1. The summed E-state index contributed by atoms with van der Waals surface area (Å²) in [6, 6.07) is 9.62. The molecule has 1 aromatic rings. The minimum absolute atomic E-state index is 0.134. The second-order valence-electron chi connectivity index (χ2n) is 4.78. The number of nitrogens with zero attached hydrogens (tertiary/aromatic N) is 1. The molecule has 1 aliphatic heterocycles. The second-order valence-corrected chi connectivity index (χ2v) is 4.78. The smallest absolute Gasteiger partial charge is 0.0368 e. The van der Waals surface area contributed by atoms with Gasteiger partial charge in [0.25, 0.3) is 0 Å². The standard InChI is InChI=1S/C14H22N2/c1-3-13-5-4-10-16(13)14-8-6-12(7-9-14)11(2)15/h6-9,11,13H,3-5,10,15H2,1-2H3. The fraction of sp³-hybridized carbons (Fsp3) is 0.571. The van der Waals surface area contributed by atoms with Crippen LogP contribution in [0, 0.1) is 0 Å². The fourth-order valence-corrected chi connectivity index (χ4v) is 2.57. The molecule has 1 aliphatic rings. The van der Waals surface area contributed by atoms with Crippen LogP contribution in [-0.2, 0) is 0 Å². The van der Waals surface area contributed by atoms with Crippen molar-refractivity contribution in [1.82, 2.24) is 0 Å². The first-order valence-electron chi connectivity index (χ1n) is 6.34. The number of rotatable bonds is 3. The quantitative estimate of drug-likeness (QED) is 0.844. The Bertz CT molecular complexity index is 329. The highest BCUT2D eigenvalue weighted by molar-refractivity contribution is 5.49.